The number of carbonyl (C=O) groups excluding carboxylic acids is 11. The molecule has 1 aromatic carbocycles. The van der Waals surface area contributed by atoms with Gasteiger partial charge in [-0.05, 0) is 57.6 Å². The van der Waals surface area contributed by atoms with E-state index in [0.717, 1.165) is 6.07 Å². The number of rotatable bonds is 41. The molecule has 42 nitrogen and oxygen atoms in total. The van der Waals surface area contributed by atoms with Crippen molar-refractivity contribution in [2.24, 2.45) is 0 Å². The van der Waals surface area contributed by atoms with Crippen LogP contribution >= 0.6 is 0 Å². The zero-order valence-corrected chi connectivity index (χ0v) is 51.9. The fourth-order valence-electron chi connectivity index (χ4n) is 9.84. The summed E-state index contributed by atoms with van der Waals surface area (Å²) < 4.78 is 2.68. The number of imidazole rings is 1. The number of aromatic hydroxyl groups is 2. The number of nitrogens with one attached hydrogen (secondary N) is 11. The monoisotopic (exact) mass is 1390 g/mol. The lowest BCUT2D eigenvalue weighted by Crippen LogP contribution is -2.62. The van der Waals surface area contributed by atoms with Crippen molar-refractivity contribution in [2.75, 3.05) is 59.3 Å². The third-order valence-corrected chi connectivity index (χ3v) is 14.8. The third-order valence-electron chi connectivity index (χ3n) is 14.8. The van der Waals surface area contributed by atoms with E-state index in [1.807, 2.05) is 16.0 Å². The fourth-order valence-corrected chi connectivity index (χ4v) is 9.84. The number of aryl methyl sites for hydroxylation is 1. The van der Waals surface area contributed by atoms with E-state index in [1.54, 1.807) is 0 Å². The Labute approximate surface area is 547 Å². The molecule has 1 aliphatic heterocycles. The third kappa shape index (κ3) is 22.4. The number of phenols is 2. The van der Waals surface area contributed by atoms with Crippen molar-refractivity contribution in [1.82, 2.24) is 67.8 Å². The van der Waals surface area contributed by atoms with Gasteiger partial charge in [-0.3, -0.25) is 62.9 Å². The van der Waals surface area contributed by atoms with Crippen LogP contribution in [0.3, 0.4) is 0 Å². The molecule has 42 heteroatoms. The van der Waals surface area contributed by atoms with E-state index < -0.39 is 271 Å². The van der Waals surface area contributed by atoms with Crippen molar-refractivity contribution in [1.29, 1.82) is 0 Å². The van der Waals surface area contributed by atoms with E-state index in [2.05, 4.69) is 42.2 Å². The highest BCUT2D eigenvalue weighted by atomic mass is 16.5. The quantitative estimate of drug-likeness (QED) is 0.0109. The lowest BCUT2D eigenvalue weighted by molar-refractivity contribution is -0.666. The zero-order chi connectivity index (χ0) is 72.5. The van der Waals surface area contributed by atoms with Gasteiger partial charge in [0.25, 0.3) is 5.91 Å². The number of phenolic OH excluding ortho intramolecular Hbond substituents is 2. The van der Waals surface area contributed by atoms with Crippen LogP contribution in [0.4, 0.5) is 0 Å². The predicted molar refractivity (Wildman–Crippen MR) is 321 cm³/mol. The Balaban J connectivity index is 1.41. The Morgan fingerprint density at radius 2 is 1.00 bits per heavy atom. The fraction of sp³-hybridized carbons (Fsp3) is 0.582. The second-order valence-electron chi connectivity index (χ2n) is 22.1. The number of aliphatic carboxylic acids is 2. The first-order valence-electron chi connectivity index (χ1n) is 30.0. The van der Waals surface area contributed by atoms with Crippen molar-refractivity contribution in [3.63, 3.8) is 0 Å². The molecule has 12 atom stereocenters. The first-order valence-corrected chi connectivity index (χ1v) is 30.0. The molecule has 0 aliphatic carbocycles. The predicted octanol–water partition coefficient (Wildman–Crippen LogP) is -12.2. The van der Waals surface area contributed by atoms with Crippen molar-refractivity contribution >= 4 is 99.0 Å². The number of H-pyrrole nitrogens is 1. The average molecular weight is 1390 g/mol. The summed E-state index contributed by atoms with van der Waals surface area (Å²) in [4.78, 5) is 187. The summed E-state index contributed by atoms with van der Waals surface area (Å²) in [5.74, 6) is -18.7. The minimum Gasteiger partial charge on any atom is -0.504 e. The number of aromatic amines is 1. The van der Waals surface area contributed by atoms with Crippen LogP contribution < -0.4 is 63.4 Å². The Bertz CT molecular complexity index is 3400. The van der Waals surface area contributed by atoms with Crippen LogP contribution in [0, 0.1) is 0 Å². The van der Waals surface area contributed by atoms with Gasteiger partial charge >= 0.3 is 23.3 Å². The summed E-state index contributed by atoms with van der Waals surface area (Å²) in [6.07, 6.45) is -8.41. The standard InChI is InChI=1S/C55H80N14O28/c1-24(77)17-40(81)68(97)10-2-3-26(44(84)62-31(9-16-74)53(92)93)57-45(85)28(6-13-71)59-46(86)29(7-14-72)60-47(87)30(8-15-73)61-51(91)41(42(82)54(94)95)66-39(80)21-56-43(83)27(5-12-70)58-48(88)33(22-75)63-49(89)34(23-76)64-50(90)35-4-11-67-52-32(65-55(67)96)18-25-19-37(78)38(79)20-36(25)69(35)52/h18-20,24,26-31,33-35,41-42,70-77,82,97H,2-17,21-23H2,1H3,(H14,56,57,58,59,60,61,62,63,64,65,66,78,80,83,84,85,86,87,88,89,90,91,92,93,94,95,96)/p+1. The summed E-state index contributed by atoms with van der Waals surface area (Å²) in [5, 5.41) is 160. The normalized spacial score (nSPS) is 16.0. The topological polar surface area (TPSA) is 670 Å². The second-order valence-corrected chi connectivity index (χ2v) is 22.1. The molecule has 2 aromatic heterocycles. The number of fused-ring (bicyclic) bond motifs is 2. The van der Waals surface area contributed by atoms with E-state index in [1.165, 1.54) is 28.2 Å². The molecule has 97 heavy (non-hydrogen) atoms. The molecule has 0 spiro atoms. The number of aromatic nitrogens is 3. The van der Waals surface area contributed by atoms with Crippen molar-refractivity contribution < 1.29 is 138 Å². The minimum atomic E-state index is -2.84. The number of aliphatic hydroxyl groups is 9. The molecule has 3 aromatic rings. The van der Waals surface area contributed by atoms with Crippen LogP contribution in [0.2, 0.25) is 0 Å². The molecule has 0 fully saturated rings. The molecule has 4 rings (SSSR count). The van der Waals surface area contributed by atoms with Gasteiger partial charge in [-0.1, -0.05) is 0 Å². The molecule has 11 amide bonds. The highest BCUT2D eigenvalue weighted by Gasteiger charge is 2.41. The number of pyridine rings is 1. The maximum atomic E-state index is 13.9. The molecular weight excluding hydrogens is 1300 g/mol. The SMILES string of the molecule is CC(O)CC(=O)N(O)CCCC(NC(=O)C(CCO)NC(=O)C(CCO)NC(=O)C(CCO)NC(=O)C(NC(=O)CNC(=O)C(CCO)NC(=O)C(CO)NC(=O)C(CO)NC(=O)C1CCn2c(=O)[nH]c3cc4cc(O)c(O)cc4[n+]1c32)C(O)C(=O)O)C(=O)NC(CCO)C(=O)O. The smallest absolute Gasteiger partial charge is 0.413 e. The van der Waals surface area contributed by atoms with Crippen LogP contribution in [0.15, 0.2) is 23.0 Å². The maximum absolute atomic E-state index is 13.9. The van der Waals surface area contributed by atoms with E-state index in [4.69, 9.17) is 0 Å². The number of benzene rings is 1. The summed E-state index contributed by atoms with van der Waals surface area (Å²) in [6.45, 7) is -6.92. The van der Waals surface area contributed by atoms with Crippen molar-refractivity contribution in [3.8, 4) is 11.5 Å². The molecule has 1 aliphatic rings. The van der Waals surface area contributed by atoms with Crippen LogP contribution in [0.1, 0.15) is 70.8 Å². The van der Waals surface area contributed by atoms with Gasteiger partial charge in [0.1, 0.15) is 72.0 Å². The molecule has 3 heterocycles. The molecule has 0 saturated heterocycles. The van der Waals surface area contributed by atoms with Crippen LogP contribution in [-0.2, 0) is 68.9 Å². The maximum Gasteiger partial charge on any atom is 0.413 e. The molecule has 12 unspecified atom stereocenters. The summed E-state index contributed by atoms with van der Waals surface area (Å²) in [6, 6.07) is -14.6. The van der Waals surface area contributed by atoms with Crippen molar-refractivity contribution in [2.45, 2.75) is 144 Å². The van der Waals surface area contributed by atoms with Gasteiger partial charge in [-0.25, -0.2) is 24.0 Å². The average Bonchev–Trinajstić information content (AvgIpc) is 1.63. The molecule has 0 saturated carbocycles. The lowest BCUT2D eigenvalue weighted by Gasteiger charge is -2.27. The largest absolute Gasteiger partial charge is 0.504 e. The van der Waals surface area contributed by atoms with E-state index in [9.17, 15) is 139 Å². The Hall–Kier alpha value is -9.79. The molecular formula is C55H81N14O28+. The number of hydrogen-bond acceptors (Lipinski definition) is 26. The molecule has 538 valence electrons. The zero-order valence-electron chi connectivity index (χ0n) is 51.9. The summed E-state index contributed by atoms with van der Waals surface area (Å²) in [5.41, 5.74) is 0.0608. The van der Waals surface area contributed by atoms with Crippen molar-refractivity contribution in [3.05, 3.63) is 28.7 Å². The number of nitrogens with zero attached hydrogens (tertiary/aromatic N) is 3. The highest BCUT2D eigenvalue weighted by Crippen LogP contribution is 2.32. The molecule has 0 radical (unpaired) electrons. The number of amides is 11. The van der Waals surface area contributed by atoms with Gasteiger partial charge in [-0.2, -0.15) is 4.57 Å². The van der Waals surface area contributed by atoms with Gasteiger partial charge in [0.05, 0.1) is 32.3 Å². The van der Waals surface area contributed by atoms with E-state index >= 15 is 0 Å². The molecule has 0 bridgehead atoms. The van der Waals surface area contributed by atoms with Crippen LogP contribution in [0.5, 0.6) is 11.5 Å². The number of carboxylic acids is 2. The van der Waals surface area contributed by atoms with Crippen LogP contribution in [-0.4, -0.2) is 289 Å². The number of carboxylic acid groups (broad SMARTS) is 2. The summed E-state index contributed by atoms with van der Waals surface area (Å²) in [7, 11) is 0. The van der Waals surface area contributed by atoms with Gasteiger partial charge in [0.2, 0.25) is 59.1 Å². The van der Waals surface area contributed by atoms with Gasteiger partial charge in [0, 0.05) is 63.9 Å². The second kappa shape index (κ2) is 38.1. The Kier molecular flexibility index (Phi) is 31.3. The van der Waals surface area contributed by atoms with Gasteiger partial charge in [0.15, 0.2) is 23.6 Å². The minimum absolute atomic E-state index is 0.0148. The number of hydrogen-bond donors (Lipinski definition) is 25. The van der Waals surface area contributed by atoms with Crippen LogP contribution in [0.25, 0.3) is 22.1 Å². The molecule has 25 N–H and O–H groups in total. The summed E-state index contributed by atoms with van der Waals surface area (Å²) >= 11 is 0. The first-order chi connectivity index (χ1) is 45.9. The van der Waals surface area contributed by atoms with E-state index in [0.29, 0.717) is 0 Å². The van der Waals surface area contributed by atoms with Gasteiger partial charge in [-0.15, -0.1) is 0 Å². The Morgan fingerprint density at radius 3 is 1.47 bits per heavy atom. The highest BCUT2D eigenvalue weighted by molar-refractivity contribution is 6.00. The Morgan fingerprint density at radius 1 is 0.567 bits per heavy atom. The first kappa shape index (κ1) is 79.6. The number of carbonyl (C=O) groups is 13. The lowest BCUT2D eigenvalue weighted by atomic mass is 10.1. The van der Waals surface area contributed by atoms with Gasteiger partial charge < -0.3 is 120 Å². The van der Waals surface area contributed by atoms with E-state index in [-0.39, 0.29) is 46.5 Å². The number of hydroxylamine groups is 2. The number of aliphatic hydroxyl groups excluding tert-OH is 9.